The van der Waals surface area contributed by atoms with E-state index in [2.05, 4.69) is 5.32 Å². The lowest BCUT2D eigenvalue weighted by Gasteiger charge is -2.26. The molecule has 1 atom stereocenters. The van der Waals surface area contributed by atoms with E-state index < -0.39 is 35.7 Å². The van der Waals surface area contributed by atoms with Gasteiger partial charge in [-0.15, -0.1) is 0 Å². The first-order chi connectivity index (χ1) is 9.64. The fraction of sp³-hybridized carbons (Fsp3) is 0.357. The van der Waals surface area contributed by atoms with Crippen LogP contribution in [0.4, 0.5) is 5.69 Å². The van der Waals surface area contributed by atoms with E-state index in [1.807, 2.05) is 0 Å². The van der Waals surface area contributed by atoms with E-state index in [0.29, 0.717) is 11.3 Å². The van der Waals surface area contributed by atoms with E-state index in [1.165, 1.54) is 0 Å². The summed E-state index contributed by atoms with van der Waals surface area (Å²) in [7, 11) is 0. The van der Waals surface area contributed by atoms with Gasteiger partial charge in [0.15, 0.2) is 0 Å². The molecule has 6 N–H and O–H groups in total. The second-order valence-corrected chi connectivity index (χ2v) is 5.28. The van der Waals surface area contributed by atoms with Crippen LogP contribution in [0.1, 0.15) is 25.8 Å². The van der Waals surface area contributed by atoms with Crippen molar-refractivity contribution in [2.45, 2.75) is 31.7 Å². The SMILES string of the molecule is CC(C)(C(=O)N[C@H](CC(N)=O)C(=O)O)c1ccc(N)cc1. The van der Waals surface area contributed by atoms with Crippen LogP contribution in [0.15, 0.2) is 24.3 Å². The van der Waals surface area contributed by atoms with Gasteiger partial charge in [-0.25, -0.2) is 4.79 Å². The Labute approximate surface area is 122 Å². The Balaban J connectivity index is 2.91. The number of carbonyl (C=O) groups is 3. The van der Waals surface area contributed by atoms with Crippen molar-refractivity contribution in [2.24, 2.45) is 5.73 Å². The van der Waals surface area contributed by atoms with Crippen molar-refractivity contribution in [3.8, 4) is 0 Å². The van der Waals surface area contributed by atoms with Crippen molar-refractivity contribution >= 4 is 23.5 Å². The molecule has 0 unspecified atom stereocenters. The highest BCUT2D eigenvalue weighted by Crippen LogP contribution is 2.24. The van der Waals surface area contributed by atoms with Crippen molar-refractivity contribution in [2.75, 3.05) is 5.73 Å². The van der Waals surface area contributed by atoms with Gasteiger partial charge < -0.3 is 21.9 Å². The molecule has 1 aromatic rings. The van der Waals surface area contributed by atoms with Crippen LogP contribution in [0.2, 0.25) is 0 Å². The molecule has 0 heterocycles. The molecule has 7 nitrogen and oxygen atoms in total. The summed E-state index contributed by atoms with van der Waals surface area (Å²) < 4.78 is 0. The number of primary amides is 1. The number of hydrogen-bond acceptors (Lipinski definition) is 4. The van der Waals surface area contributed by atoms with Gasteiger partial charge in [0.2, 0.25) is 11.8 Å². The van der Waals surface area contributed by atoms with Gasteiger partial charge in [0.25, 0.3) is 0 Å². The molecule has 0 aliphatic rings. The van der Waals surface area contributed by atoms with Gasteiger partial charge in [0.1, 0.15) is 6.04 Å². The van der Waals surface area contributed by atoms with Gasteiger partial charge in [-0.3, -0.25) is 9.59 Å². The van der Waals surface area contributed by atoms with Crippen molar-refractivity contribution in [3.63, 3.8) is 0 Å². The number of nitrogens with two attached hydrogens (primary N) is 2. The van der Waals surface area contributed by atoms with Crippen molar-refractivity contribution in [3.05, 3.63) is 29.8 Å². The molecular weight excluding hydrogens is 274 g/mol. The molecule has 0 spiro atoms. The van der Waals surface area contributed by atoms with E-state index in [1.54, 1.807) is 38.1 Å². The van der Waals surface area contributed by atoms with Gasteiger partial charge >= 0.3 is 5.97 Å². The highest BCUT2D eigenvalue weighted by atomic mass is 16.4. The zero-order valence-corrected chi connectivity index (χ0v) is 11.9. The second-order valence-electron chi connectivity index (χ2n) is 5.28. The van der Waals surface area contributed by atoms with Crippen molar-refractivity contribution in [1.82, 2.24) is 5.32 Å². The number of rotatable bonds is 6. The maximum absolute atomic E-state index is 12.3. The number of hydrogen-bond donors (Lipinski definition) is 4. The highest BCUT2D eigenvalue weighted by molar-refractivity contribution is 5.92. The minimum absolute atomic E-state index is 0.459. The lowest BCUT2D eigenvalue weighted by molar-refractivity contribution is -0.144. The second kappa shape index (κ2) is 6.25. The van der Waals surface area contributed by atoms with Crippen molar-refractivity contribution < 1.29 is 19.5 Å². The summed E-state index contributed by atoms with van der Waals surface area (Å²) in [6, 6.07) is 5.35. The zero-order chi connectivity index (χ0) is 16.2. The predicted molar refractivity (Wildman–Crippen MR) is 77.3 cm³/mol. The van der Waals surface area contributed by atoms with Crippen LogP contribution >= 0.6 is 0 Å². The standard InChI is InChI=1S/C14H19N3O4/c1-14(2,8-3-5-9(15)6-4-8)13(21)17-10(12(19)20)7-11(16)18/h3-6,10H,7,15H2,1-2H3,(H2,16,18)(H,17,21)(H,19,20)/t10-/m1/s1. The molecule has 0 aromatic heterocycles. The first-order valence-corrected chi connectivity index (χ1v) is 6.32. The van der Waals surface area contributed by atoms with Gasteiger partial charge in [-0.05, 0) is 31.5 Å². The van der Waals surface area contributed by atoms with E-state index in [-0.39, 0.29) is 0 Å². The fourth-order valence-electron chi connectivity index (χ4n) is 1.77. The average Bonchev–Trinajstić information content (AvgIpc) is 2.37. The third-order valence-corrected chi connectivity index (χ3v) is 3.21. The molecule has 7 heteroatoms. The van der Waals surface area contributed by atoms with Gasteiger partial charge in [-0.1, -0.05) is 12.1 Å². The summed E-state index contributed by atoms with van der Waals surface area (Å²) in [4.78, 5) is 34.2. The van der Waals surface area contributed by atoms with Crippen LogP contribution in [0.25, 0.3) is 0 Å². The van der Waals surface area contributed by atoms with Crippen LogP contribution in [0, 0.1) is 0 Å². The molecule has 0 saturated heterocycles. The normalized spacial score (nSPS) is 12.5. The Kier molecular flexibility index (Phi) is 4.91. The third kappa shape index (κ3) is 4.20. The largest absolute Gasteiger partial charge is 0.480 e. The summed E-state index contributed by atoms with van der Waals surface area (Å²) in [6.07, 6.45) is -0.459. The first kappa shape index (κ1) is 16.5. The predicted octanol–water partition coefficient (Wildman–Crippen LogP) is -0.00880. The summed E-state index contributed by atoms with van der Waals surface area (Å²) in [5.41, 5.74) is 10.8. The molecule has 2 amide bonds. The number of nitrogens with one attached hydrogen (secondary N) is 1. The van der Waals surface area contributed by atoms with E-state index >= 15 is 0 Å². The fourth-order valence-corrected chi connectivity index (χ4v) is 1.77. The Bertz CT molecular complexity index is 552. The topological polar surface area (TPSA) is 136 Å². The zero-order valence-electron chi connectivity index (χ0n) is 11.9. The van der Waals surface area contributed by atoms with E-state index in [0.717, 1.165) is 0 Å². The monoisotopic (exact) mass is 293 g/mol. The maximum atomic E-state index is 12.3. The molecule has 1 rings (SSSR count). The molecule has 21 heavy (non-hydrogen) atoms. The molecule has 0 aliphatic heterocycles. The Hall–Kier alpha value is -2.57. The van der Waals surface area contributed by atoms with Crippen LogP contribution in [0.5, 0.6) is 0 Å². The lowest BCUT2D eigenvalue weighted by atomic mass is 9.83. The Morgan fingerprint density at radius 1 is 1.24 bits per heavy atom. The highest BCUT2D eigenvalue weighted by Gasteiger charge is 2.33. The van der Waals surface area contributed by atoms with Crippen LogP contribution < -0.4 is 16.8 Å². The number of benzene rings is 1. The van der Waals surface area contributed by atoms with Gasteiger partial charge in [0, 0.05) is 5.69 Å². The van der Waals surface area contributed by atoms with Crippen LogP contribution in [-0.2, 0) is 19.8 Å². The Morgan fingerprint density at radius 3 is 2.19 bits per heavy atom. The number of amides is 2. The Morgan fingerprint density at radius 2 is 1.76 bits per heavy atom. The minimum Gasteiger partial charge on any atom is -0.480 e. The first-order valence-electron chi connectivity index (χ1n) is 6.32. The summed E-state index contributed by atoms with van der Waals surface area (Å²) in [5.74, 6) is -2.62. The number of carboxylic acid groups (broad SMARTS) is 1. The molecule has 0 saturated carbocycles. The molecule has 1 aromatic carbocycles. The number of carboxylic acids is 1. The number of nitrogen functional groups attached to an aromatic ring is 1. The van der Waals surface area contributed by atoms with Crippen LogP contribution in [-0.4, -0.2) is 28.9 Å². The number of carbonyl (C=O) groups excluding carboxylic acids is 2. The molecule has 0 fully saturated rings. The molecule has 0 aliphatic carbocycles. The number of anilines is 1. The minimum atomic E-state index is -1.34. The van der Waals surface area contributed by atoms with E-state index in [9.17, 15) is 14.4 Å². The molecule has 0 bridgehead atoms. The smallest absolute Gasteiger partial charge is 0.326 e. The molecular formula is C14H19N3O4. The quantitative estimate of drug-likeness (QED) is 0.547. The molecule has 114 valence electrons. The van der Waals surface area contributed by atoms with Gasteiger partial charge in [0.05, 0.1) is 11.8 Å². The summed E-state index contributed by atoms with van der Waals surface area (Å²) >= 11 is 0. The van der Waals surface area contributed by atoms with Gasteiger partial charge in [-0.2, -0.15) is 0 Å². The van der Waals surface area contributed by atoms with Crippen LogP contribution in [0.3, 0.4) is 0 Å². The summed E-state index contributed by atoms with van der Waals surface area (Å²) in [6.45, 7) is 3.30. The summed E-state index contributed by atoms with van der Waals surface area (Å²) in [5, 5.41) is 11.3. The maximum Gasteiger partial charge on any atom is 0.326 e. The molecule has 0 radical (unpaired) electrons. The average molecular weight is 293 g/mol. The third-order valence-electron chi connectivity index (χ3n) is 3.21. The number of aliphatic carboxylic acids is 1. The van der Waals surface area contributed by atoms with Crippen molar-refractivity contribution in [1.29, 1.82) is 0 Å². The lowest BCUT2D eigenvalue weighted by Crippen LogP contribution is -2.49. The van der Waals surface area contributed by atoms with E-state index in [4.69, 9.17) is 16.6 Å².